The number of aromatic nitrogens is 4. The van der Waals surface area contributed by atoms with E-state index >= 15 is 0 Å². The first-order chi connectivity index (χ1) is 11.3. The molecule has 24 heavy (non-hydrogen) atoms. The smallest absolute Gasteiger partial charge is 0.420 e. The minimum absolute atomic E-state index is 0.241. The summed E-state index contributed by atoms with van der Waals surface area (Å²) in [6.45, 7) is 0. The fraction of sp³-hybridized carbons (Fsp3) is 0.214. The lowest BCUT2D eigenvalue weighted by Gasteiger charge is -2.11. The van der Waals surface area contributed by atoms with Crippen LogP contribution in [0.1, 0.15) is 16.1 Å². The van der Waals surface area contributed by atoms with Crippen molar-refractivity contribution < 1.29 is 27.1 Å². The van der Waals surface area contributed by atoms with Gasteiger partial charge in [0, 0.05) is 19.4 Å². The highest BCUT2D eigenvalue weighted by Gasteiger charge is 2.43. The van der Waals surface area contributed by atoms with Gasteiger partial charge in [-0.3, -0.25) is 9.08 Å². The van der Waals surface area contributed by atoms with Gasteiger partial charge in [0.2, 0.25) is 0 Å². The molecule has 0 unspecified atom stereocenters. The van der Waals surface area contributed by atoms with Gasteiger partial charge >= 0.3 is 12.1 Å². The lowest BCUT2D eigenvalue weighted by Crippen LogP contribution is -2.16. The number of imidazole rings is 1. The molecule has 0 fully saturated rings. The molecule has 3 aromatic rings. The second-order valence-electron chi connectivity index (χ2n) is 4.87. The Balaban J connectivity index is 2.42. The Kier molecular flexibility index (Phi) is 3.54. The summed E-state index contributed by atoms with van der Waals surface area (Å²) in [7, 11) is 2.10. The fourth-order valence-corrected chi connectivity index (χ4v) is 2.49. The molecule has 3 aromatic heterocycles. The van der Waals surface area contributed by atoms with Gasteiger partial charge in [0.15, 0.2) is 5.69 Å². The van der Waals surface area contributed by atoms with E-state index in [0.717, 1.165) is 29.3 Å². The molecular formula is C14H10F4N4O2. The standard InChI is InChI=1S/C14H10F4N4O2/c1-21-12(13(23)24-2)9(14(16,17)18)10(20-21)11-7(15)3-4-8-19-5-6-22(8)11/h3-6H,1-2H3. The Bertz CT molecular complexity index is 942. The number of aryl methyl sites for hydroxylation is 1. The van der Waals surface area contributed by atoms with Gasteiger partial charge in [-0.05, 0) is 12.1 Å². The molecule has 0 saturated carbocycles. The average Bonchev–Trinajstić information content (AvgIpc) is 3.09. The van der Waals surface area contributed by atoms with Crippen LogP contribution in [0.4, 0.5) is 17.6 Å². The number of hydrogen-bond donors (Lipinski definition) is 0. The maximum atomic E-state index is 14.3. The topological polar surface area (TPSA) is 61.4 Å². The molecule has 0 atom stereocenters. The molecule has 0 radical (unpaired) electrons. The van der Waals surface area contributed by atoms with Crippen LogP contribution < -0.4 is 0 Å². The Hall–Kier alpha value is -2.91. The lowest BCUT2D eigenvalue weighted by molar-refractivity contribution is -0.137. The molecule has 0 saturated heterocycles. The van der Waals surface area contributed by atoms with Crippen molar-refractivity contribution in [2.75, 3.05) is 7.11 Å². The van der Waals surface area contributed by atoms with E-state index in [9.17, 15) is 22.4 Å². The van der Waals surface area contributed by atoms with Gasteiger partial charge in [0.05, 0.1) is 7.11 Å². The number of carbonyl (C=O) groups is 1. The van der Waals surface area contributed by atoms with Gasteiger partial charge in [0.25, 0.3) is 0 Å². The Morgan fingerprint density at radius 2 is 2.00 bits per heavy atom. The number of rotatable bonds is 2. The minimum atomic E-state index is -4.94. The van der Waals surface area contributed by atoms with Crippen molar-refractivity contribution in [3.8, 4) is 11.4 Å². The monoisotopic (exact) mass is 342 g/mol. The highest BCUT2D eigenvalue weighted by Crippen LogP contribution is 2.40. The molecule has 0 aliphatic heterocycles. The minimum Gasteiger partial charge on any atom is -0.464 e. The molecule has 0 bridgehead atoms. The normalized spacial score (nSPS) is 11.9. The summed E-state index contributed by atoms with van der Waals surface area (Å²) in [5.74, 6) is -2.15. The van der Waals surface area contributed by atoms with Crippen molar-refractivity contribution in [2.45, 2.75) is 6.18 Å². The summed E-state index contributed by atoms with van der Waals surface area (Å²) < 4.78 is 61.2. The number of methoxy groups -OCH3 is 1. The first kappa shape index (κ1) is 16.0. The van der Waals surface area contributed by atoms with E-state index in [0.29, 0.717) is 0 Å². The van der Waals surface area contributed by atoms with E-state index in [4.69, 9.17) is 0 Å². The van der Waals surface area contributed by atoms with Crippen LogP contribution in [0, 0.1) is 5.82 Å². The second kappa shape index (κ2) is 5.32. The van der Waals surface area contributed by atoms with Gasteiger partial charge in [-0.15, -0.1) is 0 Å². The summed E-state index contributed by atoms with van der Waals surface area (Å²) >= 11 is 0. The maximum Gasteiger partial charge on any atom is 0.420 e. The zero-order valence-electron chi connectivity index (χ0n) is 12.4. The molecule has 3 rings (SSSR count). The molecule has 0 aliphatic rings. The van der Waals surface area contributed by atoms with Gasteiger partial charge in [-0.1, -0.05) is 0 Å². The molecule has 3 heterocycles. The Labute approximate surface area is 132 Å². The molecule has 0 aromatic carbocycles. The largest absolute Gasteiger partial charge is 0.464 e. The third-order valence-corrected chi connectivity index (χ3v) is 3.45. The predicted octanol–water partition coefficient (Wildman–Crippen LogP) is 2.68. The van der Waals surface area contributed by atoms with Gasteiger partial charge < -0.3 is 4.74 Å². The number of ether oxygens (including phenoxy) is 1. The Morgan fingerprint density at radius 3 is 2.62 bits per heavy atom. The number of esters is 1. The predicted molar refractivity (Wildman–Crippen MR) is 73.7 cm³/mol. The van der Waals surface area contributed by atoms with Crippen LogP contribution in [-0.2, 0) is 18.0 Å². The van der Waals surface area contributed by atoms with Crippen LogP contribution in [0.5, 0.6) is 0 Å². The number of carbonyl (C=O) groups excluding carboxylic acids is 1. The van der Waals surface area contributed by atoms with Crippen LogP contribution in [0.2, 0.25) is 0 Å². The highest BCUT2D eigenvalue weighted by atomic mass is 19.4. The average molecular weight is 342 g/mol. The van der Waals surface area contributed by atoms with Crippen molar-refractivity contribution >= 4 is 11.6 Å². The number of nitrogens with zero attached hydrogens (tertiary/aromatic N) is 4. The zero-order valence-corrected chi connectivity index (χ0v) is 12.4. The number of halogens is 4. The number of fused-ring (bicyclic) bond motifs is 1. The molecule has 0 amide bonds. The van der Waals surface area contributed by atoms with Crippen molar-refractivity contribution in [3.05, 3.63) is 41.6 Å². The molecule has 0 N–H and O–H groups in total. The van der Waals surface area contributed by atoms with Crippen LogP contribution in [0.15, 0.2) is 24.5 Å². The molecular weight excluding hydrogens is 332 g/mol. The summed E-state index contributed by atoms with van der Waals surface area (Å²) in [6, 6.07) is 2.31. The maximum absolute atomic E-state index is 14.3. The highest BCUT2D eigenvalue weighted by molar-refractivity contribution is 5.91. The van der Waals surface area contributed by atoms with E-state index in [1.165, 1.54) is 18.5 Å². The van der Waals surface area contributed by atoms with Crippen LogP contribution in [-0.4, -0.2) is 32.2 Å². The van der Waals surface area contributed by atoms with Gasteiger partial charge in [-0.25, -0.2) is 14.2 Å². The summed E-state index contributed by atoms with van der Waals surface area (Å²) in [4.78, 5) is 15.7. The molecule has 0 spiro atoms. The third-order valence-electron chi connectivity index (χ3n) is 3.45. The summed E-state index contributed by atoms with van der Waals surface area (Å²) in [5.41, 5.74) is -3.09. The molecule has 126 valence electrons. The molecule has 0 aliphatic carbocycles. The Morgan fingerprint density at radius 1 is 1.29 bits per heavy atom. The number of alkyl halides is 3. The van der Waals surface area contributed by atoms with Crippen molar-refractivity contribution in [1.82, 2.24) is 19.2 Å². The first-order valence-corrected chi connectivity index (χ1v) is 6.60. The van der Waals surface area contributed by atoms with E-state index in [-0.39, 0.29) is 5.65 Å². The lowest BCUT2D eigenvalue weighted by atomic mass is 10.1. The zero-order chi connectivity index (χ0) is 17.6. The fourth-order valence-electron chi connectivity index (χ4n) is 2.49. The number of pyridine rings is 1. The quantitative estimate of drug-likeness (QED) is 0.531. The van der Waals surface area contributed by atoms with Crippen molar-refractivity contribution in [1.29, 1.82) is 0 Å². The summed E-state index contributed by atoms with van der Waals surface area (Å²) in [5, 5.41) is 3.71. The SMILES string of the molecule is COC(=O)c1c(C(F)(F)F)c(-c2c(F)ccc3nccn23)nn1C. The second-order valence-corrected chi connectivity index (χ2v) is 4.87. The van der Waals surface area contributed by atoms with Gasteiger partial charge in [-0.2, -0.15) is 18.3 Å². The first-order valence-electron chi connectivity index (χ1n) is 6.60. The molecule has 6 nitrogen and oxygen atoms in total. The summed E-state index contributed by atoms with van der Waals surface area (Å²) in [6.07, 6.45) is -2.32. The van der Waals surface area contributed by atoms with Crippen molar-refractivity contribution in [3.63, 3.8) is 0 Å². The van der Waals surface area contributed by atoms with Crippen LogP contribution in [0.3, 0.4) is 0 Å². The van der Waals surface area contributed by atoms with Gasteiger partial charge in [0.1, 0.15) is 28.4 Å². The van der Waals surface area contributed by atoms with E-state index < -0.39 is 40.6 Å². The molecule has 10 heteroatoms. The third kappa shape index (κ3) is 2.30. The van der Waals surface area contributed by atoms with Crippen LogP contribution in [0.25, 0.3) is 17.0 Å². The van der Waals surface area contributed by atoms with E-state index in [1.807, 2.05) is 0 Å². The van der Waals surface area contributed by atoms with E-state index in [1.54, 1.807) is 0 Å². The van der Waals surface area contributed by atoms with E-state index in [2.05, 4.69) is 14.8 Å². The van der Waals surface area contributed by atoms with Crippen LogP contribution >= 0.6 is 0 Å². The van der Waals surface area contributed by atoms with Crippen molar-refractivity contribution in [2.24, 2.45) is 7.05 Å². The number of hydrogen-bond acceptors (Lipinski definition) is 4.